The van der Waals surface area contributed by atoms with Crippen LogP contribution >= 0.6 is 0 Å². The molecule has 4 rings (SSSR count). The van der Waals surface area contributed by atoms with E-state index in [1.54, 1.807) is 36.4 Å². The summed E-state index contributed by atoms with van der Waals surface area (Å²) in [6.07, 6.45) is -0.567. The molecule has 34 heavy (non-hydrogen) atoms. The second-order valence-electron chi connectivity index (χ2n) is 7.74. The number of nitrogens with zero attached hydrogens (tertiary/aromatic N) is 2. The topological polar surface area (TPSA) is 119 Å². The Labute approximate surface area is 195 Å². The number of carbonyl (C=O) groups excluding carboxylic acids is 2. The standard InChI is InChI=1S/C25H22N2O7/c1-33-23-12-11-17(15-21(23)27(31)32)22(28)16-25(30)19-9-5-6-10-20(19)26(24(25)29)13-14-34-18-7-3-2-4-8-18/h2-12,15,30H,13-14,16H2,1H3. The second-order valence-corrected chi connectivity index (χ2v) is 7.74. The Hall–Kier alpha value is -4.24. The summed E-state index contributed by atoms with van der Waals surface area (Å²) in [4.78, 5) is 38.4. The fourth-order valence-electron chi connectivity index (χ4n) is 4.01. The number of amides is 1. The first-order valence-electron chi connectivity index (χ1n) is 10.5. The van der Waals surface area contributed by atoms with E-state index in [1.807, 2.05) is 18.2 Å². The Balaban J connectivity index is 1.57. The molecular formula is C25H22N2O7. The molecule has 1 aliphatic heterocycles. The van der Waals surface area contributed by atoms with Crippen molar-refractivity contribution in [3.63, 3.8) is 0 Å². The normalized spacial score (nSPS) is 16.8. The number of nitro benzene ring substituents is 1. The van der Waals surface area contributed by atoms with Crippen LogP contribution in [0, 0.1) is 10.1 Å². The molecule has 1 aliphatic rings. The summed E-state index contributed by atoms with van der Waals surface area (Å²) in [5.41, 5.74) is -1.69. The summed E-state index contributed by atoms with van der Waals surface area (Å²) in [6, 6.07) is 19.6. The highest BCUT2D eigenvalue weighted by atomic mass is 16.6. The number of hydrogen-bond acceptors (Lipinski definition) is 7. The Bertz CT molecular complexity index is 1250. The van der Waals surface area contributed by atoms with Crippen molar-refractivity contribution in [1.82, 2.24) is 0 Å². The number of ether oxygens (including phenoxy) is 2. The summed E-state index contributed by atoms with van der Waals surface area (Å²) >= 11 is 0. The Morgan fingerprint density at radius 1 is 1.09 bits per heavy atom. The number of aliphatic hydroxyl groups is 1. The molecule has 1 heterocycles. The highest BCUT2D eigenvalue weighted by Gasteiger charge is 2.50. The van der Waals surface area contributed by atoms with Gasteiger partial charge < -0.3 is 19.5 Å². The first-order chi connectivity index (χ1) is 16.3. The van der Waals surface area contributed by atoms with E-state index < -0.39 is 28.6 Å². The van der Waals surface area contributed by atoms with Gasteiger partial charge in [-0.2, -0.15) is 0 Å². The smallest absolute Gasteiger partial charge is 0.311 e. The molecule has 3 aromatic rings. The average Bonchev–Trinajstić information content (AvgIpc) is 3.06. The molecule has 3 aromatic carbocycles. The van der Waals surface area contributed by atoms with Crippen molar-refractivity contribution in [2.45, 2.75) is 12.0 Å². The number of Topliss-reactive ketones (excluding diaryl/α,β-unsaturated/α-hetero) is 1. The zero-order valence-corrected chi connectivity index (χ0v) is 18.3. The highest BCUT2D eigenvalue weighted by molar-refractivity contribution is 6.10. The maximum Gasteiger partial charge on any atom is 0.311 e. The fourth-order valence-corrected chi connectivity index (χ4v) is 4.01. The number of methoxy groups -OCH3 is 1. The van der Waals surface area contributed by atoms with Gasteiger partial charge in [0.15, 0.2) is 17.1 Å². The maximum absolute atomic E-state index is 13.3. The predicted octanol–water partition coefficient (Wildman–Crippen LogP) is 3.49. The van der Waals surface area contributed by atoms with Crippen LogP contribution in [0.1, 0.15) is 22.3 Å². The molecule has 9 heteroatoms. The van der Waals surface area contributed by atoms with Crippen LogP contribution in [0.4, 0.5) is 11.4 Å². The molecule has 0 saturated carbocycles. The SMILES string of the molecule is COc1ccc(C(=O)CC2(O)C(=O)N(CCOc3ccccc3)c3ccccc32)cc1[N+](=O)[O-]. The average molecular weight is 462 g/mol. The lowest BCUT2D eigenvalue weighted by atomic mass is 9.88. The van der Waals surface area contributed by atoms with Crippen molar-refractivity contribution in [3.8, 4) is 11.5 Å². The van der Waals surface area contributed by atoms with E-state index in [0.29, 0.717) is 17.0 Å². The second kappa shape index (κ2) is 9.32. The molecule has 1 unspecified atom stereocenters. The van der Waals surface area contributed by atoms with Crippen LogP contribution in [-0.4, -0.2) is 42.0 Å². The zero-order valence-electron chi connectivity index (χ0n) is 18.3. The summed E-state index contributed by atoms with van der Waals surface area (Å²) < 4.78 is 10.7. The van der Waals surface area contributed by atoms with Crippen LogP contribution in [0.5, 0.6) is 11.5 Å². The minimum absolute atomic E-state index is 0.00272. The number of anilines is 1. The van der Waals surface area contributed by atoms with Crippen molar-refractivity contribution < 1.29 is 29.1 Å². The molecule has 9 nitrogen and oxygen atoms in total. The molecule has 174 valence electrons. The van der Waals surface area contributed by atoms with Crippen LogP contribution in [0.2, 0.25) is 0 Å². The van der Waals surface area contributed by atoms with Crippen LogP contribution in [0.15, 0.2) is 72.8 Å². The van der Waals surface area contributed by atoms with Gasteiger partial charge in [-0.25, -0.2) is 0 Å². The summed E-state index contributed by atoms with van der Waals surface area (Å²) in [5, 5.41) is 22.7. The third-order valence-corrected chi connectivity index (χ3v) is 5.68. The van der Waals surface area contributed by atoms with Gasteiger partial charge in [0.2, 0.25) is 0 Å². The van der Waals surface area contributed by atoms with E-state index >= 15 is 0 Å². The van der Waals surface area contributed by atoms with Crippen molar-refractivity contribution in [1.29, 1.82) is 0 Å². The lowest BCUT2D eigenvalue weighted by Gasteiger charge is -2.23. The number of fused-ring (bicyclic) bond motifs is 1. The van der Waals surface area contributed by atoms with Gasteiger partial charge in [0.05, 0.1) is 30.7 Å². The molecule has 0 radical (unpaired) electrons. The van der Waals surface area contributed by atoms with Crippen LogP contribution in [0.3, 0.4) is 0 Å². The van der Waals surface area contributed by atoms with E-state index in [4.69, 9.17) is 9.47 Å². The van der Waals surface area contributed by atoms with E-state index in [0.717, 1.165) is 6.07 Å². The molecule has 0 spiro atoms. The summed E-state index contributed by atoms with van der Waals surface area (Å²) in [6.45, 7) is 0.341. The van der Waals surface area contributed by atoms with Gasteiger partial charge >= 0.3 is 5.69 Å². The molecule has 0 aliphatic carbocycles. The van der Waals surface area contributed by atoms with Gasteiger partial charge in [0.1, 0.15) is 12.4 Å². The molecule has 0 bridgehead atoms. The van der Waals surface area contributed by atoms with E-state index in [1.165, 1.54) is 24.1 Å². The lowest BCUT2D eigenvalue weighted by Crippen LogP contribution is -2.43. The Morgan fingerprint density at radius 2 is 1.79 bits per heavy atom. The van der Waals surface area contributed by atoms with Crippen molar-refractivity contribution in [2.75, 3.05) is 25.2 Å². The molecule has 1 N–H and O–H groups in total. The summed E-state index contributed by atoms with van der Waals surface area (Å²) in [5.74, 6) is -0.610. The van der Waals surface area contributed by atoms with Crippen molar-refractivity contribution in [3.05, 3.63) is 94.0 Å². The minimum Gasteiger partial charge on any atom is -0.492 e. The van der Waals surface area contributed by atoms with Gasteiger partial charge in [-0.05, 0) is 30.3 Å². The van der Waals surface area contributed by atoms with Gasteiger partial charge in [-0.15, -0.1) is 0 Å². The zero-order chi connectivity index (χ0) is 24.3. The van der Waals surface area contributed by atoms with E-state index in [9.17, 15) is 24.8 Å². The number of carbonyl (C=O) groups is 2. The molecule has 0 fully saturated rings. The quantitative estimate of drug-likeness (QED) is 0.294. The third-order valence-electron chi connectivity index (χ3n) is 5.68. The lowest BCUT2D eigenvalue weighted by molar-refractivity contribution is -0.385. The molecule has 1 atom stereocenters. The van der Waals surface area contributed by atoms with Crippen molar-refractivity contribution >= 4 is 23.1 Å². The number of benzene rings is 3. The van der Waals surface area contributed by atoms with Crippen molar-refractivity contribution in [2.24, 2.45) is 0 Å². The highest BCUT2D eigenvalue weighted by Crippen LogP contribution is 2.43. The predicted molar refractivity (Wildman–Crippen MR) is 123 cm³/mol. The first kappa shape index (κ1) is 22.9. The van der Waals surface area contributed by atoms with Crippen LogP contribution in [0.25, 0.3) is 0 Å². The molecule has 0 saturated heterocycles. The molecule has 1 amide bonds. The maximum atomic E-state index is 13.3. The number of nitro groups is 1. The van der Waals surface area contributed by atoms with Gasteiger partial charge in [0.25, 0.3) is 5.91 Å². The third kappa shape index (κ3) is 4.20. The van der Waals surface area contributed by atoms with Crippen LogP contribution in [-0.2, 0) is 10.4 Å². The first-order valence-corrected chi connectivity index (χ1v) is 10.5. The van der Waals surface area contributed by atoms with Gasteiger partial charge in [-0.1, -0.05) is 36.4 Å². The fraction of sp³-hybridized carbons (Fsp3) is 0.200. The minimum atomic E-state index is -2.10. The van der Waals surface area contributed by atoms with E-state index in [-0.39, 0.29) is 30.2 Å². The Kier molecular flexibility index (Phi) is 6.29. The van der Waals surface area contributed by atoms with Gasteiger partial charge in [0, 0.05) is 17.2 Å². The monoisotopic (exact) mass is 462 g/mol. The van der Waals surface area contributed by atoms with Crippen LogP contribution < -0.4 is 14.4 Å². The molecular weight excluding hydrogens is 440 g/mol. The van der Waals surface area contributed by atoms with Gasteiger partial charge in [-0.3, -0.25) is 19.7 Å². The number of para-hydroxylation sites is 2. The molecule has 0 aromatic heterocycles. The largest absolute Gasteiger partial charge is 0.492 e. The number of rotatable bonds is 9. The van der Waals surface area contributed by atoms with E-state index in [2.05, 4.69) is 0 Å². The summed E-state index contributed by atoms with van der Waals surface area (Å²) in [7, 11) is 1.29. The Morgan fingerprint density at radius 3 is 2.50 bits per heavy atom. The number of hydrogen-bond donors (Lipinski definition) is 1. The number of ketones is 1.